The zero-order valence-corrected chi connectivity index (χ0v) is 20.7. The summed E-state index contributed by atoms with van der Waals surface area (Å²) < 4.78 is 30.8. The Morgan fingerprint density at radius 2 is 1.50 bits per heavy atom. The molecule has 0 radical (unpaired) electrons. The Morgan fingerprint density at radius 3 is 1.94 bits per heavy atom. The van der Waals surface area contributed by atoms with Gasteiger partial charge in [-0.05, 0) is 64.2 Å². The molecule has 1 atom stereocenters. The highest BCUT2D eigenvalue weighted by molar-refractivity contribution is 5.80. The van der Waals surface area contributed by atoms with Crippen LogP contribution in [0.3, 0.4) is 0 Å². The molecule has 1 unspecified atom stereocenters. The van der Waals surface area contributed by atoms with Crippen LogP contribution in [-0.4, -0.2) is 40.9 Å². The molecule has 2 aliphatic rings. The molecule has 192 valence electrons. The highest BCUT2D eigenvalue weighted by Gasteiger charge is 2.24. The molecule has 1 aromatic rings. The van der Waals surface area contributed by atoms with Gasteiger partial charge in [-0.1, -0.05) is 44.6 Å². The molecular formula is C26H40F2N2O4. The van der Waals surface area contributed by atoms with Crippen LogP contribution in [0.2, 0.25) is 0 Å². The standard InChI is InChI=1S/C14H17F2NO4.C12H23N/c1-14(2,3)21-13(20)17-11(12(18)19)7-8-4-5-9(15)10(16)6-8;1-3-7-11(8-4-1)13-12-9-5-2-6-10-12/h4-6,11H,7H2,1-3H3,(H,17,20)(H,18,19);11-13H,1-10H2. The average Bonchev–Trinajstić information content (AvgIpc) is 2.76. The second-order valence-corrected chi connectivity index (χ2v) is 10.3. The summed E-state index contributed by atoms with van der Waals surface area (Å²) in [5, 5.41) is 15.1. The Bertz CT molecular complexity index is 769. The SMILES string of the molecule is C1CCC(NC2CCCCC2)CC1.CC(C)(C)OC(=O)NC(Cc1ccc(F)c(F)c1)C(=O)O. The molecule has 0 heterocycles. The van der Waals surface area contributed by atoms with Crippen molar-refractivity contribution in [2.24, 2.45) is 0 Å². The summed E-state index contributed by atoms with van der Waals surface area (Å²) in [6.45, 7) is 4.91. The van der Waals surface area contributed by atoms with Crippen LogP contribution in [0, 0.1) is 11.6 Å². The Morgan fingerprint density at radius 1 is 0.971 bits per heavy atom. The Hall–Kier alpha value is -2.22. The van der Waals surface area contributed by atoms with Crippen LogP contribution in [-0.2, 0) is 16.0 Å². The van der Waals surface area contributed by atoms with Gasteiger partial charge in [0.1, 0.15) is 11.6 Å². The third-order valence-electron chi connectivity index (χ3n) is 6.09. The van der Waals surface area contributed by atoms with Crippen LogP contribution in [0.4, 0.5) is 13.6 Å². The fourth-order valence-corrected chi connectivity index (χ4v) is 4.42. The van der Waals surface area contributed by atoms with E-state index in [1.54, 1.807) is 20.8 Å². The molecule has 0 aromatic heterocycles. The van der Waals surface area contributed by atoms with E-state index < -0.39 is 35.3 Å². The van der Waals surface area contributed by atoms with E-state index in [0.29, 0.717) is 0 Å². The number of alkyl carbamates (subject to hydrolysis) is 1. The average molecular weight is 483 g/mol. The first kappa shape index (κ1) is 28.0. The number of hydrogen-bond acceptors (Lipinski definition) is 4. The molecular weight excluding hydrogens is 442 g/mol. The molecule has 0 aliphatic heterocycles. The van der Waals surface area contributed by atoms with Gasteiger partial charge < -0.3 is 20.5 Å². The van der Waals surface area contributed by atoms with E-state index in [1.165, 1.54) is 70.3 Å². The van der Waals surface area contributed by atoms with E-state index in [0.717, 1.165) is 24.2 Å². The predicted molar refractivity (Wildman–Crippen MR) is 128 cm³/mol. The van der Waals surface area contributed by atoms with Gasteiger partial charge in [0.2, 0.25) is 0 Å². The van der Waals surface area contributed by atoms with Gasteiger partial charge in [-0.15, -0.1) is 0 Å². The van der Waals surface area contributed by atoms with Crippen molar-refractivity contribution in [3.05, 3.63) is 35.4 Å². The van der Waals surface area contributed by atoms with Crippen LogP contribution in [0.25, 0.3) is 0 Å². The number of carboxylic acids is 1. The number of nitrogens with one attached hydrogen (secondary N) is 2. The molecule has 3 rings (SSSR count). The number of amides is 1. The summed E-state index contributed by atoms with van der Waals surface area (Å²) in [5.74, 6) is -3.40. The molecule has 2 aliphatic carbocycles. The van der Waals surface area contributed by atoms with E-state index in [2.05, 4.69) is 10.6 Å². The van der Waals surface area contributed by atoms with Gasteiger partial charge in [0.15, 0.2) is 11.6 Å². The predicted octanol–water partition coefficient (Wildman–Crippen LogP) is 5.73. The highest BCUT2D eigenvalue weighted by atomic mass is 19.2. The van der Waals surface area contributed by atoms with Crippen molar-refractivity contribution in [3.8, 4) is 0 Å². The van der Waals surface area contributed by atoms with Crippen molar-refractivity contribution in [2.75, 3.05) is 0 Å². The Balaban J connectivity index is 0.000000266. The van der Waals surface area contributed by atoms with Gasteiger partial charge in [-0.2, -0.15) is 0 Å². The summed E-state index contributed by atoms with van der Waals surface area (Å²) in [6.07, 6.45) is 13.5. The number of carbonyl (C=O) groups excluding carboxylic acids is 1. The van der Waals surface area contributed by atoms with Crippen LogP contribution < -0.4 is 10.6 Å². The molecule has 3 N–H and O–H groups in total. The molecule has 34 heavy (non-hydrogen) atoms. The highest BCUT2D eigenvalue weighted by Crippen LogP contribution is 2.22. The number of hydrogen-bond donors (Lipinski definition) is 3. The van der Waals surface area contributed by atoms with Crippen molar-refractivity contribution in [1.29, 1.82) is 0 Å². The summed E-state index contributed by atoms with van der Waals surface area (Å²) in [7, 11) is 0. The quantitative estimate of drug-likeness (QED) is 0.482. The van der Waals surface area contributed by atoms with E-state index in [4.69, 9.17) is 9.84 Å². The second kappa shape index (κ2) is 13.6. The third kappa shape index (κ3) is 10.8. The van der Waals surface area contributed by atoms with Gasteiger partial charge in [-0.25, -0.2) is 18.4 Å². The van der Waals surface area contributed by atoms with E-state index in [-0.39, 0.29) is 12.0 Å². The van der Waals surface area contributed by atoms with Crippen molar-refractivity contribution < 1.29 is 28.2 Å². The minimum Gasteiger partial charge on any atom is -0.480 e. The summed E-state index contributed by atoms with van der Waals surface area (Å²) in [6, 6.07) is 3.49. The molecule has 1 aromatic carbocycles. The number of carbonyl (C=O) groups is 2. The third-order valence-corrected chi connectivity index (χ3v) is 6.09. The van der Waals surface area contributed by atoms with Gasteiger partial charge in [0.05, 0.1) is 0 Å². The van der Waals surface area contributed by atoms with Crippen LogP contribution >= 0.6 is 0 Å². The van der Waals surface area contributed by atoms with Crippen LogP contribution in [0.5, 0.6) is 0 Å². The van der Waals surface area contributed by atoms with Crippen LogP contribution in [0.15, 0.2) is 18.2 Å². The number of benzene rings is 1. The fourth-order valence-electron chi connectivity index (χ4n) is 4.42. The molecule has 2 fully saturated rings. The molecule has 0 spiro atoms. The first-order chi connectivity index (χ1) is 16.0. The van der Waals surface area contributed by atoms with Crippen molar-refractivity contribution in [3.63, 3.8) is 0 Å². The van der Waals surface area contributed by atoms with Crippen LogP contribution in [0.1, 0.15) is 90.5 Å². The number of halogens is 2. The van der Waals surface area contributed by atoms with E-state index >= 15 is 0 Å². The number of carboxylic acid groups (broad SMARTS) is 1. The van der Waals surface area contributed by atoms with E-state index in [9.17, 15) is 18.4 Å². The molecule has 1 amide bonds. The minimum atomic E-state index is -1.30. The minimum absolute atomic E-state index is 0.189. The van der Waals surface area contributed by atoms with Gasteiger partial charge in [0.25, 0.3) is 0 Å². The topological polar surface area (TPSA) is 87.7 Å². The maximum absolute atomic E-state index is 13.1. The normalized spacial score (nSPS) is 18.4. The largest absolute Gasteiger partial charge is 0.480 e. The van der Waals surface area contributed by atoms with Crippen molar-refractivity contribution in [2.45, 2.75) is 115 Å². The van der Waals surface area contributed by atoms with Crippen molar-refractivity contribution >= 4 is 12.1 Å². The van der Waals surface area contributed by atoms with E-state index in [1.807, 2.05) is 0 Å². The lowest BCUT2D eigenvalue weighted by atomic mass is 9.91. The summed E-state index contributed by atoms with van der Waals surface area (Å²) >= 11 is 0. The zero-order chi connectivity index (χ0) is 25.1. The monoisotopic (exact) mass is 482 g/mol. The number of rotatable bonds is 6. The zero-order valence-electron chi connectivity index (χ0n) is 20.7. The Labute approximate surface area is 201 Å². The second-order valence-electron chi connectivity index (χ2n) is 10.3. The number of aliphatic carboxylic acids is 1. The molecule has 2 saturated carbocycles. The first-order valence-corrected chi connectivity index (χ1v) is 12.5. The molecule has 6 nitrogen and oxygen atoms in total. The van der Waals surface area contributed by atoms with Gasteiger partial charge in [-0.3, -0.25) is 0 Å². The first-order valence-electron chi connectivity index (χ1n) is 12.5. The fraction of sp³-hybridized carbons (Fsp3) is 0.692. The van der Waals surface area contributed by atoms with Crippen molar-refractivity contribution in [1.82, 2.24) is 10.6 Å². The molecule has 8 heteroatoms. The summed E-state index contributed by atoms with van der Waals surface area (Å²) in [4.78, 5) is 22.7. The lowest BCUT2D eigenvalue weighted by Crippen LogP contribution is -2.44. The van der Waals surface area contributed by atoms with Gasteiger partial charge >= 0.3 is 12.1 Å². The molecule has 0 saturated heterocycles. The lowest BCUT2D eigenvalue weighted by molar-refractivity contribution is -0.139. The lowest BCUT2D eigenvalue weighted by Gasteiger charge is -2.30. The number of ether oxygens (including phenoxy) is 1. The Kier molecular flexibility index (Phi) is 11.2. The smallest absolute Gasteiger partial charge is 0.408 e. The maximum Gasteiger partial charge on any atom is 0.408 e. The molecule has 0 bridgehead atoms. The maximum atomic E-state index is 13.1. The summed E-state index contributed by atoms with van der Waals surface area (Å²) in [5.41, 5.74) is -0.521. The van der Waals surface area contributed by atoms with Gasteiger partial charge in [0, 0.05) is 18.5 Å².